The maximum atomic E-state index is 12.4. The number of fused-ring (bicyclic) bond motifs is 1. The Morgan fingerprint density at radius 3 is 3.15 bits per heavy atom. The maximum absolute atomic E-state index is 12.4. The summed E-state index contributed by atoms with van der Waals surface area (Å²) in [6.45, 7) is 3.57. The number of esters is 1. The van der Waals surface area contributed by atoms with Gasteiger partial charge in [0.2, 0.25) is 0 Å². The third-order valence-electron chi connectivity index (χ3n) is 4.06. The molecule has 1 fully saturated rings. The molecule has 2 unspecified atom stereocenters. The van der Waals surface area contributed by atoms with Crippen LogP contribution in [0.3, 0.4) is 0 Å². The number of rotatable bonds is 2. The first-order valence-electron chi connectivity index (χ1n) is 7.44. The van der Waals surface area contributed by atoms with Crippen LogP contribution in [-0.4, -0.2) is 25.2 Å². The minimum atomic E-state index is -0.260. The number of para-hydroxylation sites is 1. The van der Waals surface area contributed by atoms with Gasteiger partial charge in [0.05, 0.1) is 5.69 Å². The van der Waals surface area contributed by atoms with Crippen molar-refractivity contribution in [1.29, 1.82) is 0 Å². The number of hydrogen-bond acceptors (Lipinski definition) is 4. The second-order valence-corrected chi connectivity index (χ2v) is 5.76. The molecule has 1 N–H and O–H groups in total. The van der Waals surface area contributed by atoms with Crippen LogP contribution in [-0.2, 0) is 4.74 Å². The van der Waals surface area contributed by atoms with Gasteiger partial charge < -0.3 is 14.8 Å². The van der Waals surface area contributed by atoms with Crippen LogP contribution in [0.2, 0.25) is 0 Å². The van der Waals surface area contributed by atoms with E-state index in [1.54, 1.807) is 6.07 Å². The Labute approximate surface area is 119 Å². The van der Waals surface area contributed by atoms with Crippen molar-refractivity contribution in [1.82, 2.24) is 0 Å². The molecule has 4 heteroatoms. The van der Waals surface area contributed by atoms with Crippen molar-refractivity contribution in [3.8, 4) is 5.75 Å². The van der Waals surface area contributed by atoms with Crippen LogP contribution in [0, 0.1) is 5.92 Å². The lowest BCUT2D eigenvalue weighted by atomic mass is 9.89. The van der Waals surface area contributed by atoms with Gasteiger partial charge in [0.25, 0.3) is 0 Å². The van der Waals surface area contributed by atoms with E-state index in [0.717, 1.165) is 31.5 Å². The zero-order valence-electron chi connectivity index (χ0n) is 11.9. The average Bonchev–Trinajstić information content (AvgIpc) is 2.46. The second kappa shape index (κ2) is 5.73. The monoisotopic (exact) mass is 275 g/mol. The van der Waals surface area contributed by atoms with E-state index < -0.39 is 0 Å². The summed E-state index contributed by atoms with van der Waals surface area (Å²) in [5, 5.41) is 3.24. The number of carbonyl (C=O) groups excluding carboxylic acids is 1. The van der Waals surface area contributed by atoms with Gasteiger partial charge >= 0.3 is 5.97 Å². The third kappa shape index (κ3) is 2.74. The highest BCUT2D eigenvalue weighted by molar-refractivity contribution is 5.95. The molecule has 1 heterocycles. The highest BCUT2D eigenvalue weighted by atomic mass is 16.5. The number of anilines is 1. The third-order valence-corrected chi connectivity index (χ3v) is 4.06. The normalized spacial score (nSPS) is 25.1. The predicted octanol–water partition coefficient (Wildman–Crippen LogP) is 3.23. The minimum absolute atomic E-state index is 0.0543. The SMILES string of the molecule is CC1CCCC(OC(=O)c2cccc3c2OCCN3)C1. The maximum Gasteiger partial charge on any atom is 0.342 e. The Balaban J connectivity index is 1.74. The molecule has 2 aliphatic rings. The van der Waals surface area contributed by atoms with Gasteiger partial charge in [-0.2, -0.15) is 0 Å². The van der Waals surface area contributed by atoms with Gasteiger partial charge in [0, 0.05) is 6.54 Å². The topological polar surface area (TPSA) is 47.6 Å². The zero-order chi connectivity index (χ0) is 13.9. The molecule has 0 spiro atoms. The molecule has 0 aromatic heterocycles. The second-order valence-electron chi connectivity index (χ2n) is 5.76. The Hall–Kier alpha value is -1.71. The zero-order valence-corrected chi connectivity index (χ0v) is 11.9. The Bertz CT molecular complexity index is 500. The van der Waals surface area contributed by atoms with Crippen LogP contribution in [0.15, 0.2) is 18.2 Å². The lowest BCUT2D eigenvalue weighted by Crippen LogP contribution is -2.26. The molecule has 1 aromatic carbocycles. The predicted molar refractivity (Wildman–Crippen MR) is 77.3 cm³/mol. The number of benzene rings is 1. The highest BCUT2D eigenvalue weighted by Crippen LogP contribution is 2.33. The number of carbonyl (C=O) groups is 1. The van der Waals surface area contributed by atoms with E-state index in [9.17, 15) is 4.79 Å². The lowest BCUT2D eigenvalue weighted by molar-refractivity contribution is 0.0151. The van der Waals surface area contributed by atoms with E-state index in [1.165, 1.54) is 6.42 Å². The van der Waals surface area contributed by atoms with Gasteiger partial charge in [-0.1, -0.05) is 19.4 Å². The van der Waals surface area contributed by atoms with Crippen LogP contribution >= 0.6 is 0 Å². The van der Waals surface area contributed by atoms with E-state index in [0.29, 0.717) is 23.8 Å². The molecular weight excluding hydrogens is 254 g/mol. The summed E-state index contributed by atoms with van der Waals surface area (Å²) in [5.74, 6) is 1.02. The van der Waals surface area contributed by atoms with Gasteiger partial charge in [0.1, 0.15) is 18.3 Å². The van der Waals surface area contributed by atoms with Crippen molar-refractivity contribution in [2.75, 3.05) is 18.5 Å². The molecule has 108 valence electrons. The van der Waals surface area contributed by atoms with Crippen molar-refractivity contribution < 1.29 is 14.3 Å². The summed E-state index contributed by atoms with van der Waals surface area (Å²) in [5.41, 5.74) is 1.41. The van der Waals surface area contributed by atoms with E-state index in [4.69, 9.17) is 9.47 Å². The molecule has 1 aliphatic heterocycles. The fourth-order valence-electron chi connectivity index (χ4n) is 3.03. The first-order chi connectivity index (χ1) is 9.74. The van der Waals surface area contributed by atoms with E-state index in [-0.39, 0.29) is 12.1 Å². The summed E-state index contributed by atoms with van der Waals surface area (Å²) in [7, 11) is 0. The molecule has 3 rings (SSSR count). The fourth-order valence-corrected chi connectivity index (χ4v) is 3.03. The molecule has 1 saturated carbocycles. The molecule has 2 atom stereocenters. The van der Waals surface area contributed by atoms with Gasteiger partial charge in [-0.25, -0.2) is 4.79 Å². The van der Waals surface area contributed by atoms with E-state index in [1.807, 2.05) is 12.1 Å². The number of hydrogen-bond donors (Lipinski definition) is 1. The summed E-state index contributed by atoms with van der Waals surface area (Å²) in [6.07, 6.45) is 4.38. The number of nitrogens with one attached hydrogen (secondary N) is 1. The van der Waals surface area contributed by atoms with Gasteiger partial charge in [-0.15, -0.1) is 0 Å². The molecule has 4 nitrogen and oxygen atoms in total. The summed E-state index contributed by atoms with van der Waals surface area (Å²) < 4.78 is 11.3. The first kappa shape index (κ1) is 13.3. The molecule has 0 bridgehead atoms. The average molecular weight is 275 g/mol. The van der Waals surface area contributed by atoms with Crippen molar-refractivity contribution in [3.05, 3.63) is 23.8 Å². The van der Waals surface area contributed by atoms with Gasteiger partial charge in [0.15, 0.2) is 5.75 Å². The van der Waals surface area contributed by atoms with Crippen molar-refractivity contribution >= 4 is 11.7 Å². The summed E-state index contributed by atoms with van der Waals surface area (Å²) >= 11 is 0. The summed E-state index contributed by atoms with van der Waals surface area (Å²) in [4.78, 5) is 12.4. The highest BCUT2D eigenvalue weighted by Gasteiger charge is 2.25. The minimum Gasteiger partial charge on any atom is -0.489 e. The van der Waals surface area contributed by atoms with Crippen LogP contribution in [0.1, 0.15) is 43.0 Å². The van der Waals surface area contributed by atoms with Crippen molar-refractivity contribution in [2.24, 2.45) is 5.92 Å². The Morgan fingerprint density at radius 2 is 2.30 bits per heavy atom. The molecule has 1 aliphatic carbocycles. The lowest BCUT2D eigenvalue weighted by Gasteiger charge is -2.27. The first-order valence-corrected chi connectivity index (χ1v) is 7.44. The van der Waals surface area contributed by atoms with Gasteiger partial charge in [-0.3, -0.25) is 0 Å². The van der Waals surface area contributed by atoms with Crippen LogP contribution < -0.4 is 10.1 Å². The van der Waals surface area contributed by atoms with Crippen LogP contribution in [0.4, 0.5) is 5.69 Å². The Morgan fingerprint density at radius 1 is 1.40 bits per heavy atom. The van der Waals surface area contributed by atoms with Crippen LogP contribution in [0.5, 0.6) is 5.75 Å². The van der Waals surface area contributed by atoms with Gasteiger partial charge in [-0.05, 0) is 37.3 Å². The molecule has 1 aromatic rings. The van der Waals surface area contributed by atoms with Crippen molar-refractivity contribution in [2.45, 2.75) is 38.7 Å². The number of ether oxygens (including phenoxy) is 2. The largest absolute Gasteiger partial charge is 0.489 e. The Kier molecular flexibility index (Phi) is 3.81. The molecule has 0 saturated heterocycles. The quantitative estimate of drug-likeness (QED) is 0.842. The summed E-state index contributed by atoms with van der Waals surface area (Å²) in [6, 6.07) is 5.56. The molecule has 0 radical (unpaired) electrons. The van der Waals surface area contributed by atoms with Crippen LogP contribution in [0.25, 0.3) is 0 Å². The molecular formula is C16H21NO3. The van der Waals surface area contributed by atoms with E-state index in [2.05, 4.69) is 12.2 Å². The van der Waals surface area contributed by atoms with Crippen molar-refractivity contribution in [3.63, 3.8) is 0 Å². The standard InChI is InChI=1S/C16H21NO3/c1-11-4-2-5-12(10-11)20-16(18)13-6-3-7-14-15(13)19-9-8-17-14/h3,6-7,11-12,17H,2,4-5,8-10H2,1H3. The molecule has 20 heavy (non-hydrogen) atoms. The van der Waals surface area contributed by atoms with E-state index >= 15 is 0 Å². The molecule has 0 amide bonds. The smallest absolute Gasteiger partial charge is 0.342 e. The fraction of sp³-hybridized carbons (Fsp3) is 0.562.